The van der Waals surface area contributed by atoms with Crippen LogP contribution >= 0.6 is 0 Å². The summed E-state index contributed by atoms with van der Waals surface area (Å²) in [5, 5.41) is 20.0. The number of piperidine rings is 1. The smallest absolute Gasteiger partial charge is 0.323 e. The molecule has 28 heavy (non-hydrogen) atoms. The van der Waals surface area contributed by atoms with Crippen LogP contribution in [0.1, 0.15) is 49.7 Å². The zero-order valence-electron chi connectivity index (χ0n) is 17.2. The molecule has 2 heterocycles. The van der Waals surface area contributed by atoms with Gasteiger partial charge in [0, 0.05) is 31.4 Å². The Morgan fingerprint density at radius 2 is 1.96 bits per heavy atom. The molecule has 0 saturated carbocycles. The van der Waals surface area contributed by atoms with Crippen molar-refractivity contribution in [3.8, 4) is 0 Å². The lowest BCUT2D eigenvalue weighted by Gasteiger charge is -2.29. The molecule has 7 nitrogen and oxygen atoms in total. The van der Waals surface area contributed by atoms with Crippen LogP contribution in [0.2, 0.25) is 0 Å². The molecular weight excluding hydrogens is 354 g/mol. The highest BCUT2D eigenvalue weighted by molar-refractivity contribution is 6.00. The molecule has 0 atom stereocenters. The third kappa shape index (κ3) is 4.91. The van der Waals surface area contributed by atoms with E-state index in [0.717, 1.165) is 60.8 Å². The topological polar surface area (TPSA) is 82.4 Å². The monoisotopic (exact) mass is 385 g/mol. The van der Waals surface area contributed by atoms with Crippen LogP contribution in [0, 0.1) is 13.8 Å². The van der Waals surface area contributed by atoms with Gasteiger partial charge >= 0.3 is 6.03 Å². The van der Waals surface area contributed by atoms with Crippen molar-refractivity contribution in [2.75, 3.05) is 23.7 Å². The van der Waals surface area contributed by atoms with Gasteiger partial charge in [0.1, 0.15) is 0 Å². The van der Waals surface area contributed by atoms with Crippen molar-refractivity contribution >= 4 is 17.4 Å². The molecule has 1 aromatic carbocycles. The van der Waals surface area contributed by atoms with E-state index in [1.54, 1.807) is 0 Å². The summed E-state index contributed by atoms with van der Waals surface area (Å²) in [5.41, 5.74) is 4.42. The maximum Gasteiger partial charge on any atom is 0.323 e. The number of hydrogen-bond donors (Lipinski definition) is 3. The Morgan fingerprint density at radius 1 is 1.25 bits per heavy atom. The summed E-state index contributed by atoms with van der Waals surface area (Å²) in [6.45, 7) is 10.6. The largest absolute Gasteiger partial charge is 0.393 e. The maximum absolute atomic E-state index is 12.5. The van der Waals surface area contributed by atoms with Gasteiger partial charge in [0.2, 0.25) is 0 Å². The van der Waals surface area contributed by atoms with E-state index in [9.17, 15) is 9.90 Å². The van der Waals surface area contributed by atoms with E-state index in [1.807, 2.05) is 36.7 Å². The molecule has 0 radical (unpaired) electrons. The van der Waals surface area contributed by atoms with Crippen molar-refractivity contribution < 1.29 is 9.90 Å². The van der Waals surface area contributed by atoms with Gasteiger partial charge in [-0.1, -0.05) is 12.1 Å². The fourth-order valence-corrected chi connectivity index (χ4v) is 3.71. The van der Waals surface area contributed by atoms with Crippen LogP contribution in [0.15, 0.2) is 24.3 Å². The Balaban J connectivity index is 1.62. The predicted molar refractivity (Wildman–Crippen MR) is 112 cm³/mol. The van der Waals surface area contributed by atoms with E-state index in [0.29, 0.717) is 0 Å². The molecule has 0 unspecified atom stereocenters. The first-order chi connectivity index (χ1) is 13.3. The number of aryl methyl sites for hydroxylation is 1. The summed E-state index contributed by atoms with van der Waals surface area (Å²) in [6.07, 6.45) is 1.48. The second kappa shape index (κ2) is 8.75. The molecule has 2 aromatic rings. The van der Waals surface area contributed by atoms with Crippen molar-refractivity contribution in [1.29, 1.82) is 0 Å². The van der Waals surface area contributed by atoms with Gasteiger partial charge in [-0.25, -0.2) is 4.79 Å². The predicted octanol–water partition coefficient (Wildman–Crippen LogP) is 3.68. The molecule has 3 N–H and O–H groups in total. The number of carbonyl (C=O) groups is 1. The number of hydrogen-bond acceptors (Lipinski definition) is 4. The summed E-state index contributed by atoms with van der Waals surface area (Å²) in [5.74, 6) is 0. The number of benzene rings is 1. The Bertz CT molecular complexity index is 822. The Hall–Kier alpha value is -2.38. The molecule has 0 spiro atoms. The number of urea groups is 1. The van der Waals surface area contributed by atoms with Crippen LogP contribution in [0.3, 0.4) is 0 Å². The molecule has 1 fully saturated rings. The number of rotatable bonds is 5. The van der Waals surface area contributed by atoms with Crippen molar-refractivity contribution in [2.45, 2.75) is 59.2 Å². The van der Waals surface area contributed by atoms with E-state index < -0.39 is 0 Å². The number of aromatic nitrogens is 2. The molecule has 2 amide bonds. The van der Waals surface area contributed by atoms with Crippen molar-refractivity contribution in [3.05, 3.63) is 41.2 Å². The molecule has 1 saturated heterocycles. The second-order valence-electron chi connectivity index (χ2n) is 7.87. The second-order valence-corrected chi connectivity index (χ2v) is 7.87. The Labute approximate surface area is 166 Å². The molecule has 0 bridgehead atoms. The number of aliphatic hydroxyl groups excluding tert-OH is 1. The van der Waals surface area contributed by atoms with E-state index in [2.05, 4.69) is 40.5 Å². The summed E-state index contributed by atoms with van der Waals surface area (Å²) < 4.78 is 1.92. The fraction of sp³-hybridized carbons (Fsp3) is 0.524. The van der Waals surface area contributed by atoms with Crippen LogP contribution in [0.25, 0.3) is 0 Å². The first-order valence-corrected chi connectivity index (χ1v) is 9.96. The van der Waals surface area contributed by atoms with Gasteiger partial charge in [-0.3, -0.25) is 9.58 Å². The minimum atomic E-state index is -0.271. The van der Waals surface area contributed by atoms with Crippen LogP contribution in [0.4, 0.5) is 16.2 Å². The van der Waals surface area contributed by atoms with E-state index in [4.69, 9.17) is 0 Å². The fourth-order valence-electron chi connectivity index (χ4n) is 3.71. The third-order valence-corrected chi connectivity index (χ3v) is 5.20. The number of carbonyl (C=O) groups excluding carboxylic acids is 1. The molecule has 1 aliphatic rings. The van der Waals surface area contributed by atoms with Crippen LogP contribution in [-0.2, 0) is 6.54 Å². The number of anilines is 2. The average Bonchev–Trinajstić information content (AvgIpc) is 2.92. The first-order valence-electron chi connectivity index (χ1n) is 9.96. The highest BCUT2D eigenvalue weighted by Crippen LogP contribution is 2.23. The molecule has 3 rings (SSSR count). The van der Waals surface area contributed by atoms with Crippen molar-refractivity contribution in [3.63, 3.8) is 0 Å². The number of amides is 2. The summed E-state index contributed by atoms with van der Waals surface area (Å²) >= 11 is 0. The molecule has 7 heteroatoms. The molecule has 0 aliphatic carbocycles. The molecule has 152 valence electrons. The minimum Gasteiger partial charge on any atom is -0.393 e. The maximum atomic E-state index is 12.5. The quantitative estimate of drug-likeness (QED) is 0.733. The van der Waals surface area contributed by atoms with Gasteiger partial charge in [0.05, 0.1) is 23.2 Å². The SMILES string of the molecule is Cc1nn(C(C)C)c(C)c1NC(=O)Nc1cccc(CN2CCC(O)CC2)c1. The van der Waals surface area contributed by atoms with Crippen LogP contribution in [0.5, 0.6) is 0 Å². The Kier molecular flexibility index (Phi) is 6.36. The van der Waals surface area contributed by atoms with E-state index in [1.165, 1.54) is 0 Å². The summed E-state index contributed by atoms with van der Waals surface area (Å²) in [4.78, 5) is 14.8. The third-order valence-electron chi connectivity index (χ3n) is 5.20. The van der Waals surface area contributed by atoms with Crippen molar-refractivity contribution in [1.82, 2.24) is 14.7 Å². The highest BCUT2D eigenvalue weighted by Gasteiger charge is 2.18. The van der Waals surface area contributed by atoms with Gasteiger partial charge < -0.3 is 15.7 Å². The van der Waals surface area contributed by atoms with Crippen molar-refractivity contribution in [2.24, 2.45) is 0 Å². The van der Waals surface area contributed by atoms with Crippen LogP contribution < -0.4 is 10.6 Å². The normalized spacial score (nSPS) is 15.8. The molecule has 1 aliphatic heterocycles. The minimum absolute atomic E-state index is 0.167. The van der Waals surface area contributed by atoms with Gasteiger partial charge in [-0.2, -0.15) is 5.10 Å². The van der Waals surface area contributed by atoms with Crippen LogP contribution in [-0.4, -0.2) is 45.0 Å². The highest BCUT2D eigenvalue weighted by atomic mass is 16.3. The lowest BCUT2D eigenvalue weighted by molar-refractivity contribution is 0.0792. The molecular formula is C21H31N5O2. The van der Waals surface area contributed by atoms with Gasteiger partial charge in [-0.15, -0.1) is 0 Å². The number of nitrogens with zero attached hydrogens (tertiary/aromatic N) is 3. The lowest BCUT2D eigenvalue weighted by Crippen LogP contribution is -2.35. The first kappa shape index (κ1) is 20.4. The summed E-state index contributed by atoms with van der Waals surface area (Å²) in [6, 6.07) is 7.88. The Morgan fingerprint density at radius 3 is 2.61 bits per heavy atom. The molecule has 1 aromatic heterocycles. The van der Waals surface area contributed by atoms with E-state index in [-0.39, 0.29) is 18.2 Å². The number of nitrogens with one attached hydrogen (secondary N) is 2. The zero-order valence-corrected chi connectivity index (χ0v) is 17.2. The zero-order chi connectivity index (χ0) is 20.3. The average molecular weight is 386 g/mol. The standard InChI is InChI=1S/C21H31N5O2/c1-14(2)26-16(4)20(15(3)24-26)23-21(28)22-18-7-5-6-17(12-18)13-25-10-8-19(27)9-11-25/h5-7,12,14,19,27H,8-11,13H2,1-4H3,(H2,22,23,28). The van der Waals surface area contributed by atoms with E-state index >= 15 is 0 Å². The number of likely N-dealkylation sites (tertiary alicyclic amines) is 1. The van der Waals surface area contributed by atoms with Gasteiger partial charge in [0.15, 0.2) is 0 Å². The summed E-state index contributed by atoms with van der Waals surface area (Å²) in [7, 11) is 0. The number of aliphatic hydroxyl groups is 1. The van der Waals surface area contributed by atoms with Gasteiger partial charge in [-0.05, 0) is 58.2 Å². The van der Waals surface area contributed by atoms with Gasteiger partial charge in [0.25, 0.3) is 0 Å². The lowest BCUT2D eigenvalue weighted by atomic mass is 10.1.